The molecule has 0 atom stereocenters. The number of allylic oxidation sites excluding steroid dienone is 1. The van der Waals surface area contributed by atoms with Crippen LogP contribution in [-0.4, -0.2) is 5.78 Å². The summed E-state index contributed by atoms with van der Waals surface area (Å²) in [6, 6.07) is 16.0. The van der Waals surface area contributed by atoms with Gasteiger partial charge in [-0.2, -0.15) is 0 Å². The lowest BCUT2D eigenvalue weighted by Crippen LogP contribution is -1.92. The van der Waals surface area contributed by atoms with Gasteiger partial charge in [0.05, 0.1) is 0 Å². The van der Waals surface area contributed by atoms with E-state index in [-0.39, 0.29) is 5.78 Å². The molecular weight excluding hydrogens is 196 g/mol. The third kappa shape index (κ3) is 1.29. The number of carbonyl (C=O) groups excluding carboxylic acids is 1. The van der Waals surface area contributed by atoms with Crippen LogP contribution in [0.3, 0.4) is 0 Å². The van der Waals surface area contributed by atoms with Gasteiger partial charge in [0.15, 0.2) is 5.78 Å². The molecule has 0 radical (unpaired) electrons. The predicted molar refractivity (Wildman–Crippen MR) is 65.2 cm³/mol. The Labute approximate surface area is 94.0 Å². The van der Waals surface area contributed by atoms with Crippen molar-refractivity contribution in [2.45, 2.75) is 0 Å². The van der Waals surface area contributed by atoms with Crippen LogP contribution in [0.25, 0.3) is 17.2 Å². The fraction of sp³-hybridized carbons (Fsp3) is 0. The van der Waals surface area contributed by atoms with E-state index in [9.17, 15) is 4.79 Å². The number of carbonyl (C=O) groups is 1. The van der Waals surface area contributed by atoms with E-state index in [0.29, 0.717) is 0 Å². The molecule has 3 rings (SSSR count). The molecule has 16 heavy (non-hydrogen) atoms. The van der Waals surface area contributed by atoms with Gasteiger partial charge in [0.1, 0.15) is 0 Å². The van der Waals surface area contributed by atoms with Gasteiger partial charge in [0.25, 0.3) is 0 Å². The predicted octanol–water partition coefficient (Wildman–Crippen LogP) is 3.56. The molecular formula is C15H10O. The molecule has 1 heteroatoms. The molecule has 2 aromatic carbocycles. The van der Waals surface area contributed by atoms with Crippen molar-refractivity contribution in [3.8, 4) is 11.1 Å². The van der Waals surface area contributed by atoms with Gasteiger partial charge in [0, 0.05) is 5.56 Å². The van der Waals surface area contributed by atoms with Crippen LogP contribution in [0.5, 0.6) is 0 Å². The zero-order valence-electron chi connectivity index (χ0n) is 8.68. The first-order chi connectivity index (χ1) is 7.86. The monoisotopic (exact) mass is 206 g/mol. The topological polar surface area (TPSA) is 17.1 Å². The standard InChI is InChI=1S/C15H10O/c16-15-10-9-13-12(7-4-8-14(13)15)11-5-2-1-3-6-11/h1-10H. The Hall–Kier alpha value is -2.15. The Kier molecular flexibility index (Phi) is 1.97. The molecule has 0 aliphatic heterocycles. The maximum absolute atomic E-state index is 11.6. The van der Waals surface area contributed by atoms with E-state index < -0.39 is 0 Å². The van der Waals surface area contributed by atoms with Crippen molar-refractivity contribution in [3.05, 3.63) is 65.7 Å². The Bertz CT molecular complexity index is 580. The Balaban J connectivity index is 2.24. The molecule has 1 aliphatic carbocycles. The summed E-state index contributed by atoms with van der Waals surface area (Å²) in [5, 5.41) is 0. The van der Waals surface area contributed by atoms with Crippen LogP contribution in [0.2, 0.25) is 0 Å². The van der Waals surface area contributed by atoms with Crippen molar-refractivity contribution in [1.29, 1.82) is 0 Å². The maximum Gasteiger partial charge on any atom is 0.186 e. The second-order valence-electron chi connectivity index (χ2n) is 3.83. The number of fused-ring (bicyclic) bond motifs is 1. The molecule has 1 nitrogen and oxygen atoms in total. The molecule has 0 aromatic heterocycles. The summed E-state index contributed by atoms with van der Waals surface area (Å²) in [5.74, 6) is 0.104. The van der Waals surface area contributed by atoms with Crippen LogP contribution in [0, 0.1) is 0 Å². The third-order valence-electron chi connectivity index (χ3n) is 2.86. The summed E-state index contributed by atoms with van der Waals surface area (Å²) in [6.45, 7) is 0. The summed E-state index contributed by atoms with van der Waals surface area (Å²) in [4.78, 5) is 11.6. The van der Waals surface area contributed by atoms with Gasteiger partial charge in [-0.1, -0.05) is 48.5 Å². The van der Waals surface area contributed by atoms with E-state index in [2.05, 4.69) is 18.2 Å². The summed E-state index contributed by atoms with van der Waals surface area (Å²) in [5.41, 5.74) is 4.12. The van der Waals surface area contributed by atoms with Gasteiger partial charge >= 0.3 is 0 Å². The second-order valence-corrected chi connectivity index (χ2v) is 3.83. The van der Waals surface area contributed by atoms with E-state index >= 15 is 0 Å². The first kappa shape index (κ1) is 9.10. The molecule has 0 amide bonds. The summed E-state index contributed by atoms with van der Waals surface area (Å²) in [6.07, 6.45) is 3.54. The van der Waals surface area contributed by atoms with Gasteiger partial charge < -0.3 is 0 Å². The number of rotatable bonds is 1. The van der Waals surface area contributed by atoms with Crippen molar-refractivity contribution < 1.29 is 4.79 Å². The second kappa shape index (κ2) is 3.46. The van der Waals surface area contributed by atoms with Crippen LogP contribution in [0.15, 0.2) is 54.6 Å². The highest BCUT2D eigenvalue weighted by Gasteiger charge is 2.16. The molecule has 0 fully saturated rings. The molecule has 0 bridgehead atoms. The van der Waals surface area contributed by atoms with Crippen molar-refractivity contribution >= 4 is 11.9 Å². The zero-order valence-corrected chi connectivity index (χ0v) is 8.68. The summed E-state index contributed by atoms with van der Waals surface area (Å²) >= 11 is 0. The number of benzene rings is 2. The zero-order chi connectivity index (χ0) is 11.0. The quantitative estimate of drug-likeness (QED) is 0.697. The summed E-state index contributed by atoms with van der Waals surface area (Å²) in [7, 11) is 0. The Morgan fingerprint density at radius 3 is 2.25 bits per heavy atom. The first-order valence-electron chi connectivity index (χ1n) is 5.27. The molecule has 0 heterocycles. The SMILES string of the molecule is O=C1C=Cc2c1cccc2-c1ccccc1. The van der Waals surface area contributed by atoms with E-state index in [4.69, 9.17) is 0 Å². The lowest BCUT2D eigenvalue weighted by molar-refractivity contribution is 0.105. The maximum atomic E-state index is 11.6. The van der Waals surface area contributed by atoms with E-state index in [0.717, 1.165) is 22.3 Å². The Morgan fingerprint density at radius 2 is 1.44 bits per heavy atom. The average Bonchev–Trinajstić information content (AvgIpc) is 2.73. The first-order valence-corrected chi connectivity index (χ1v) is 5.27. The van der Waals surface area contributed by atoms with Crippen molar-refractivity contribution in [2.24, 2.45) is 0 Å². The van der Waals surface area contributed by atoms with Crippen LogP contribution < -0.4 is 0 Å². The van der Waals surface area contributed by atoms with E-state index in [1.165, 1.54) is 0 Å². The van der Waals surface area contributed by atoms with Gasteiger partial charge in [-0.05, 0) is 28.8 Å². The minimum atomic E-state index is 0.104. The van der Waals surface area contributed by atoms with E-state index in [1.54, 1.807) is 6.08 Å². The number of ketones is 1. The van der Waals surface area contributed by atoms with Gasteiger partial charge in [-0.3, -0.25) is 4.79 Å². The van der Waals surface area contributed by atoms with Crippen molar-refractivity contribution in [1.82, 2.24) is 0 Å². The van der Waals surface area contributed by atoms with Crippen molar-refractivity contribution in [2.75, 3.05) is 0 Å². The fourth-order valence-corrected chi connectivity index (χ4v) is 2.08. The minimum Gasteiger partial charge on any atom is -0.289 e. The van der Waals surface area contributed by atoms with E-state index in [1.807, 2.05) is 36.4 Å². The minimum absolute atomic E-state index is 0.104. The average molecular weight is 206 g/mol. The third-order valence-corrected chi connectivity index (χ3v) is 2.86. The molecule has 0 saturated carbocycles. The fourth-order valence-electron chi connectivity index (χ4n) is 2.08. The Morgan fingerprint density at radius 1 is 0.688 bits per heavy atom. The molecule has 2 aromatic rings. The number of hydrogen-bond donors (Lipinski definition) is 0. The molecule has 1 aliphatic rings. The molecule has 0 saturated heterocycles. The largest absolute Gasteiger partial charge is 0.289 e. The number of hydrogen-bond acceptors (Lipinski definition) is 1. The van der Waals surface area contributed by atoms with Crippen LogP contribution in [0.1, 0.15) is 15.9 Å². The van der Waals surface area contributed by atoms with Gasteiger partial charge in [-0.15, -0.1) is 0 Å². The highest BCUT2D eigenvalue weighted by atomic mass is 16.1. The highest BCUT2D eigenvalue weighted by molar-refractivity contribution is 6.15. The molecule has 76 valence electrons. The van der Waals surface area contributed by atoms with Crippen molar-refractivity contribution in [3.63, 3.8) is 0 Å². The van der Waals surface area contributed by atoms with Crippen LogP contribution >= 0.6 is 0 Å². The van der Waals surface area contributed by atoms with Crippen LogP contribution in [0.4, 0.5) is 0 Å². The normalized spacial score (nSPS) is 12.9. The molecule has 0 unspecified atom stereocenters. The van der Waals surface area contributed by atoms with Crippen LogP contribution in [-0.2, 0) is 0 Å². The molecule has 0 N–H and O–H groups in total. The molecule has 0 spiro atoms. The lowest BCUT2D eigenvalue weighted by Gasteiger charge is -2.06. The van der Waals surface area contributed by atoms with Gasteiger partial charge in [0.2, 0.25) is 0 Å². The van der Waals surface area contributed by atoms with Gasteiger partial charge in [-0.25, -0.2) is 0 Å². The highest BCUT2D eigenvalue weighted by Crippen LogP contribution is 2.30. The lowest BCUT2D eigenvalue weighted by atomic mass is 9.97. The smallest absolute Gasteiger partial charge is 0.186 e. The summed E-state index contributed by atoms with van der Waals surface area (Å²) < 4.78 is 0.